The number of fused-ring (bicyclic) bond motifs is 2. The lowest BCUT2D eigenvalue weighted by Crippen LogP contribution is -2.60. The topological polar surface area (TPSA) is 38.9 Å². The molecule has 0 atom stereocenters. The quantitative estimate of drug-likeness (QED) is 0.143. The van der Waals surface area contributed by atoms with Gasteiger partial charge in [0.1, 0.15) is 0 Å². The van der Waals surface area contributed by atoms with Crippen molar-refractivity contribution in [2.45, 2.75) is 54.9 Å². The van der Waals surface area contributed by atoms with Gasteiger partial charge in [0.05, 0.1) is 0 Å². The van der Waals surface area contributed by atoms with Crippen LogP contribution in [0.15, 0.2) is 105 Å². The first-order valence-electron chi connectivity index (χ1n) is 16.8. The van der Waals surface area contributed by atoms with Crippen LogP contribution in [-0.4, -0.2) is 11.7 Å². The number of pyridine rings is 1. The van der Waals surface area contributed by atoms with Crippen LogP contribution in [0.5, 0.6) is 0 Å². The molecule has 6 rings (SSSR count). The van der Waals surface area contributed by atoms with Crippen LogP contribution in [0, 0.1) is 48.5 Å². The van der Waals surface area contributed by atoms with Gasteiger partial charge in [-0.1, -0.05) is 107 Å². The molecule has 0 fully saturated rings. The Morgan fingerprint density at radius 1 is 0.750 bits per heavy atom. The van der Waals surface area contributed by atoms with Crippen LogP contribution < -0.4 is 22.1 Å². The summed E-state index contributed by atoms with van der Waals surface area (Å²) in [5.74, 6) is 0. The zero-order chi connectivity index (χ0) is 34.3. The Morgan fingerprint density at radius 3 is 2.06 bits per heavy atom. The van der Waals surface area contributed by atoms with Crippen molar-refractivity contribution in [2.75, 3.05) is 0 Å². The summed E-state index contributed by atoms with van der Waals surface area (Å²) in [4.78, 5) is 4.51. The molecule has 2 heterocycles. The average molecular weight is 625 g/mol. The first-order chi connectivity index (χ1) is 23.1. The molecule has 0 unspecified atom stereocenters. The first-order valence-corrected chi connectivity index (χ1v) is 16.8. The monoisotopic (exact) mass is 624 g/mol. The summed E-state index contributed by atoms with van der Waals surface area (Å²) in [6.07, 6.45) is 14.1. The van der Waals surface area contributed by atoms with Crippen LogP contribution in [0.1, 0.15) is 61.2 Å². The highest BCUT2D eigenvalue weighted by Crippen LogP contribution is 2.36. The Balaban J connectivity index is 1.76. The van der Waals surface area contributed by atoms with Crippen LogP contribution in [0.2, 0.25) is 0 Å². The van der Waals surface area contributed by atoms with Gasteiger partial charge in [-0.2, -0.15) is 0 Å². The zero-order valence-corrected chi connectivity index (χ0v) is 29.5. The van der Waals surface area contributed by atoms with Crippen molar-refractivity contribution >= 4 is 34.8 Å². The molecule has 238 valence electrons. The highest BCUT2D eigenvalue weighted by Gasteiger charge is 2.38. The lowest BCUT2D eigenvalue weighted by Gasteiger charge is -2.36. The molecule has 1 aliphatic rings. The molecule has 4 aromatic carbocycles. The van der Waals surface area contributed by atoms with E-state index < -0.39 is 0 Å². The third-order valence-corrected chi connectivity index (χ3v) is 10.3. The number of nitrogens with zero attached hydrogens (tertiary/aromatic N) is 1. The molecule has 5 aromatic rings. The molecule has 2 N–H and O–H groups in total. The molecule has 0 saturated carbocycles. The minimum Gasteiger partial charge on any atom is -0.405 e. The largest absolute Gasteiger partial charge is 0.405 e. The third-order valence-electron chi connectivity index (χ3n) is 10.3. The summed E-state index contributed by atoms with van der Waals surface area (Å²) in [5.41, 5.74) is 30.4. The summed E-state index contributed by atoms with van der Waals surface area (Å²) < 4.78 is 0. The Labute approximate surface area is 287 Å². The van der Waals surface area contributed by atoms with Crippen LogP contribution in [0.3, 0.4) is 0 Å². The van der Waals surface area contributed by atoms with Gasteiger partial charge in [-0.05, 0) is 146 Å². The number of rotatable bonds is 7. The summed E-state index contributed by atoms with van der Waals surface area (Å²) >= 11 is 0. The minimum atomic E-state index is 0.0436. The fraction of sp³-hybridized carbons (Fsp3) is 0.178. The second kappa shape index (κ2) is 13.2. The number of hydrogen-bond acceptors (Lipinski definition) is 2. The Kier molecular flexibility index (Phi) is 8.99. The van der Waals surface area contributed by atoms with Gasteiger partial charge in [0, 0.05) is 18.0 Å². The molecule has 0 radical (unpaired) electrons. The minimum absolute atomic E-state index is 0.0436. The van der Waals surface area contributed by atoms with E-state index in [1.165, 1.54) is 88.7 Å². The van der Waals surface area contributed by atoms with Crippen molar-refractivity contribution in [2.24, 2.45) is 5.73 Å². The van der Waals surface area contributed by atoms with Crippen molar-refractivity contribution in [1.29, 1.82) is 0 Å². The van der Waals surface area contributed by atoms with E-state index in [0.717, 1.165) is 23.1 Å². The van der Waals surface area contributed by atoms with Gasteiger partial charge in [0.2, 0.25) is 6.71 Å². The number of aromatic nitrogens is 1. The lowest BCUT2D eigenvalue weighted by atomic mass is 9.30. The lowest BCUT2D eigenvalue weighted by molar-refractivity contribution is 1.16. The van der Waals surface area contributed by atoms with Gasteiger partial charge in [0.25, 0.3) is 0 Å². The predicted octanol–water partition coefficient (Wildman–Crippen LogP) is 8.68. The van der Waals surface area contributed by atoms with Gasteiger partial charge in [-0.25, -0.2) is 0 Å². The van der Waals surface area contributed by atoms with Crippen molar-refractivity contribution in [3.8, 4) is 22.3 Å². The van der Waals surface area contributed by atoms with E-state index in [2.05, 4.69) is 121 Å². The standard InChI is InChI=1S/C45H45BN2/c1-10-34-16-18-36(19-17-34)42-28(4)23-31(7)44-39(42)25-38-24-29(5)40(35(11-2)14-12-20-47)33(9)45(38)46(44)43-30(6)22-27(3)41(32(43)8)37-15-13-21-48-26-37/h10-24,26H,1-2,25,47H2,3-9H3/b20-12-,35-14+. The van der Waals surface area contributed by atoms with E-state index in [1.54, 1.807) is 6.20 Å². The second-order valence-electron chi connectivity index (χ2n) is 13.4. The van der Waals surface area contributed by atoms with E-state index in [4.69, 9.17) is 5.73 Å². The van der Waals surface area contributed by atoms with Crippen molar-refractivity contribution in [1.82, 2.24) is 4.98 Å². The average Bonchev–Trinajstić information content (AvgIpc) is 3.06. The maximum Gasteiger partial charge on any atom is 0.243 e. The zero-order valence-electron chi connectivity index (χ0n) is 29.5. The summed E-state index contributed by atoms with van der Waals surface area (Å²) in [5, 5.41) is 0. The van der Waals surface area contributed by atoms with Crippen molar-refractivity contribution in [3.63, 3.8) is 0 Å². The molecule has 3 heteroatoms. The molecule has 48 heavy (non-hydrogen) atoms. The predicted molar refractivity (Wildman–Crippen MR) is 210 cm³/mol. The van der Waals surface area contributed by atoms with E-state index in [-0.39, 0.29) is 6.71 Å². The fourth-order valence-corrected chi connectivity index (χ4v) is 8.57. The molecule has 1 aliphatic heterocycles. The smallest absolute Gasteiger partial charge is 0.243 e. The maximum atomic E-state index is 5.79. The second-order valence-corrected chi connectivity index (χ2v) is 13.4. The van der Waals surface area contributed by atoms with Crippen LogP contribution in [-0.2, 0) is 6.42 Å². The van der Waals surface area contributed by atoms with E-state index in [0.29, 0.717) is 0 Å². The van der Waals surface area contributed by atoms with Crippen LogP contribution >= 0.6 is 0 Å². The number of aryl methyl sites for hydroxylation is 5. The normalized spacial score (nSPS) is 12.6. The van der Waals surface area contributed by atoms with Gasteiger partial charge < -0.3 is 5.73 Å². The molecule has 0 bridgehead atoms. The van der Waals surface area contributed by atoms with Gasteiger partial charge in [-0.3, -0.25) is 4.98 Å². The highest BCUT2D eigenvalue weighted by molar-refractivity contribution is 6.97. The molecule has 0 amide bonds. The van der Waals surface area contributed by atoms with E-state index >= 15 is 0 Å². The molecule has 0 aliphatic carbocycles. The maximum absolute atomic E-state index is 5.79. The Bertz CT molecular complexity index is 2150. The number of allylic oxidation sites excluding steroid dienone is 4. The molecule has 2 nitrogen and oxygen atoms in total. The third kappa shape index (κ3) is 5.48. The highest BCUT2D eigenvalue weighted by atomic mass is 14.6. The number of nitrogens with two attached hydrogens (primary N) is 1. The number of hydrogen-bond donors (Lipinski definition) is 1. The van der Waals surface area contributed by atoms with Crippen molar-refractivity contribution in [3.05, 3.63) is 166 Å². The summed E-state index contributed by atoms with van der Waals surface area (Å²) in [6.45, 7) is 24.2. The van der Waals surface area contributed by atoms with Gasteiger partial charge in [0.15, 0.2) is 0 Å². The Hall–Kier alpha value is -5.15. The Morgan fingerprint density at radius 2 is 1.44 bits per heavy atom. The summed E-state index contributed by atoms with van der Waals surface area (Å²) in [6, 6.07) is 20.3. The van der Waals surface area contributed by atoms with E-state index in [1.807, 2.05) is 36.7 Å². The van der Waals surface area contributed by atoms with Gasteiger partial charge in [-0.15, -0.1) is 0 Å². The molecule has 0 saturated heterocycles. The molecule has 1 aromatic heterocycles. The first kappa shape index (κ1) is 32.8. The molecular formula is C45H45BN2. The molecular weight excluding hydrogens is 579 g/mol. The van der Waals surface area contributed by atoms with Crippen LogP contribution in [0.25, 0.3) is 33.9 Å². The van der Waals surface area contributed by atoms with Crippen LogP contribution in [0.4, 0.5) is 0 Å². The van der Waals surface area contributed by atoms with E-state index in [9.17, 15) is 0 Å². The SMILES string of the molecule is C=C/C(=C\C=C/N)c1c(C)cc2c(c1C)B(c1c(C)cc(C)c(-c3cccnc3)c1C)c1c(C)cc(C)c(-c3ccc(C=C)cc3)c1C2. The fourth-order valence-electron chi connectivity index (χ4n) is 8.57. The summed E-state index contributed by atoms with van der Waals surface area (Å²) in [7, 11) is 0. The van der Waals surface area contributed by atoms with Gasteiger partial charge >= 0.3 is 0 Å². The van der Waals surface area contributed by atoms with Crippen molar-refractivity contribution < 1.29 is 0 Å². The molecule has 0 spiro atoms. The number of benzene rings is 4.